The van der Waals surface area contributed by atoms with Crippen LogP contribution in [0.5, 0.6) is 5.75 Å². The maximum absolute atomic E-state index is 11.8. The van der Waals surface area contributed by atoms with Crippen LogP contribution >= 0.6 is 11.3 Å². The van der Waals surface area contributed by atoms with Crippen molar-refractivity contribution < 1.29 is 9.53 Å². The second-order valence-corrected chi connectivity index (χ2v) is 6.97. The van der Waals surface area contributed by atoms with E-state index in [9.17, 15) is 4.79 Å². The maximum Gasteiger partial charge on any atom is 0.129 e. The highest BCUT2D eigenvalue weighted by Gasteiger charge is 2.15. The van der Waals surface area contributed by atoms with Crippen molar-refractivity contribution in [3.8, 4) is 16.2 Å². The Kier molecular flexibility index (Phi) is 5.18. The third-order valence-corrected chi connectivity index (χ3v) is 5.37. The predicted molar refractivity (Wildman–Crippen MR) is 105 cm³/mol. The smallest absolute Gasteiger partial charge is 0.129 e. The molecule has 0 aliphatic rings. The van der Waals surface area contributed by atoms with Crippen molar-refractivity contribution >= 4 is 22.9 Å². The zero-order valence-corrected chi connectivity index (χ0v) is 15.4. The van der Waals surface area contributed by atoms with Gasteiger partial charge in [0.05, 0.1) is 12.7 Å². The van der Waals surface area contributed by atoms with Crippen LogP contribution in [0.1, 0.15) is 22.3 Å². The summed E-state index contributed by atoms with van der Waals surface area (Å²) in [5, 5.41) is 2.05. The molecule has 1 aromatic heterocycles. The van der Waals surface area contributed by atoms with E-state index in [4.69, 9.17) is 4.74 Å². The SMILES string of the molecule is COc1ccc(-c2cccs2)cc1C(=C=O)Cc1c(C)cccc1C. The number of methoxy groups -OCH3 is 1. The van der Waals surface area contributed by atoms with E-state index >= 15 is 0 Å². The minimum atomic E-state index is 0.548. The molecule has 0 atom stereocenters. The highest BCUT2D eigenvalue weighted by atomic mass is 32.1. The average molecular weight is 348 g/mol. The summed E-state index contributed by atoms with van der Waals surface area (Å²) in [6, 6.07) is 16.3. The first kappa shape index (κ1) is 17.2. The maximum atomic E-state index is 11.8. The molecule has 0 unspecified atom stereocenters. The molecule has 0 saturated carbocycles. The van der Waals surface area contributed by atoms with Crippen molar-refractivity contribution in [1.82, 2.24) is 0 Å². The Labute approximate surface area is 152 Å². The van der Waals surface area contributed by atoms with Crippen LogP contribution in [0.3, 0.4) is 0 Å². The number of hydrogen-bond donors (Lipinski definition) is 0. The van der Waals surface area contributed by atoms with E-state index in [1.54, 1.807) is 18.4 Å². The van der Waals surface area contributed by atoms with Gasteiger partial charge in [-0.15, -0.1) is 11.3 Å². The zero-order chi connectivity index (χ0) is 17.8. The number of ether oxygens (including phenoxy) is 1. The number of rotatable bonds is 5. The summed E-state index contributed by atoms with van der Waals surface area (Å²) in [4.78, 5) is 13.0. The third kappa shape index (κ3) is 3.58. The van der Waals surface area contributed by atoms with Crippen molar-refractivity contribution in [3.63, 3.8) is 0 Å². The predicted octanol–water partition coefficient (Wildman–Crippen LogP) is 5.50. The Morgan fingerprint density at radius 1 is 1.08 bits per heavy atom. The first-order valence-electron chi connectivity index (χ1n) is 8.15. The molecule has 2 nitrogen and oxygen atoms in total. The normalized spacial score (nSPS) is 10.4. The number of allylic oxidation sites excluding steroid dienone is 1. The van der Waals surface area contributed by atoms with Gasteiger partial charge in [0, 0.05) is 16.9 Å². The van der Waals surface area contributed by atoms with Crippen molar-refractivity contribution in [2.75, 3.05) is 7.11 Å². The van der Waals surface area contributed by atoms with Gasteiger partial charge >= 0.3 is 0 Å². The Morgan fingerprint density at radius 2 is 1.84 bits per heavy atom. The molecule has 0 spiro atoms. The topological polar surface area (TPSA) is 26.3 Å². The molecule has 0 amide bonds. The number of hydrogen-bond acceptors (Lipinski definition) is 3. The molecule has 0 aliphatic heterocycles. The Balaban J connectivity index is 2.06. The summed E-state index contributed by atoms with van der Waals surface area (Å²) in [6.07, 6.45) is 0.548. The van der Waals surface area contributed by atoms with Crippen molar-refractivity contribution in [2.45, 2.75) is 20.3 Å². The van der Waals surface area contributed by atoms with Gasteiger partial charge in [0.2, 0.25) is 0 Å². The van der Waals surface area contributed by atoms with Gasteiger partial charge in [0.1, 0.15) is 11.7 Å². The van der Waals surface area contributed by atoms with E-state index in [0.717, 1.165) is 11.1 Å². The first-order chi connectivity index (χ1) is 12.1. The van der Waals surface area contributed by atoms with E-state index in [2.05, 4.69) is 38.0 Å². The lowest BCUT2D eigenvalue weighted by atomic mass is 9.92. The third-order valence-electron chi connectivity index (χ3n) is 4.45. The summed E-state index contributed by atoms with van der Waals surface area (Å²) in [5.74, 6) is 2.86. The van der Waals surface area contributed by atoms with Crippen LogP contribution in [0.25, 0.3) is 16.0 Å². The van der Waals surface area contributed by atoms with Crippen molar-refractivity contribution in [1.29, 1.82) is 0 Å². The molecule has 0 bridgehead atoms. The molecule has 0 saturated heterocycles. The van der Waals surface area contributed by atoms with Crippen LogP contribution in [-0.2, 0) is 11.2 Å². The fourth-order valence-electron chi connectivity index (χ4n) is 3.03. The molecule has 3 aromatic rings. The average Bonchev–Trinajstić information content (AvgIpc) is 3.16. The van der Waals surface area contributed by atoms with Crippen LogP contribution in [0.2, 0.25) is 0 Å². The highest BCUT2D eigenvalue weighted by molar-refractivity contribution is 7.13. The van der Waals surface area contributed by atoms with Crippen molar-refractivity contribution in [2.24, 2.45) is 0 Å². The van der Waals surface area contributed by atoms with Gasteiger partial charge in [-0.1, -0.05) is 24.3 Å². The molecule has 1 heterocycles. The van der Waals surface area contributed by atoms with E-state index in [1.165, 1.54) is 21.6 Å². The lowest BCUT2D eigenvalue weighted by molar-refractivity contribution is 0.413. The van der Waals surface area contributed by atoms with Crippen LogP contribution in [-0.4, -0.2) is 13.1 Å². The Morgan fingerprint density at radius 3 is 2.44 bits per heavy atom. The Hall–Kier alpha value is -2.61. The summed E-state index contributed by atoms with van der Waals surface area (Å²) in [7, 11) is 1.63. The number of aryl methyl sites for hydroxylation is 2. The number of thiophene rings is 1. The number of benzene rings is 2. The van der Waals surface area contributed by atoms with Gasteiger partial charge in [-0.05, 0) is 65.7 Å². The summed E-state index contributed by atoms with van der Waals surface area (Å²) in [5.41, 5.74) is 6.05. The van der Waals surface area contributed by atoms with Gasteiger partial charge in [0.15, 0.2) is 0 Å². The highest BCUT2D eigenvalue weighted by Crippen LogP contribution is 2.34. The molecule has 126 valence electrons. The molecular weight excluding hydrogens is 328 g/mol. The molecule has 25 heavy (non-hydrogen) atoms. The van der Waals surface area contributed by atoms with Gasteiger partial charge in [0.25, 0.3) is 0 Å². The largest absolute Gasteiger partial charge is 0.496 e. The summed E-state index contributed by atoms with van der Waals surface area (Å²) in [6.45, 7) is 4.15. The van der Waals surface area contributed by atoms with Gasteiger partial charge in [-0.2, -0.15) is 0 Å². The second-order valence-electron chi connectivity index (χ2n) is 6.02. The van der Waals surface area contributed by atoms with Gasteiger partial charge < -0.3 is 4.74 Å². The van der Waals surface area contributed by atoms with E-state index < -0.39 is 0 Å². The fraction of sp³-hybridized carbons (Fsp3) is 0.182. The molecule has 0 radical (unpaired) electrons. The Bertz CT molecular complexity index is 912. The van der Waals surface area contributed by atoms with Crippen LogP contribution in [0.4, 0.5) is 0 Å². The lowest BCUT2D eigenvalue weighted by Crippen LogP contribution is -2.00. The van der Waals surface area contributed by atoms with Crippen molar-refractivity contribution in [3.05, 3.63) is 76.2 Å². The molecule has 0 aliphatic carbocycles. The van der Waals surface area contributed by atoms with Crippen LogP contribution in [0.15, 0.2) is 53.9 Å². The van der Waals surface area contributed by atoms with E-state index in [0.29, 0.717) is 17.7 Å². The molecule has 3 heteroatoms. The van der Waals surface area contributed by atoms with Gasteiger partial charge in [-0.3, -0.25) is 0 Å². The quantitative estimate of drug-likeness (QED) is 0.569. The number of carbonyl (C=O) groups excluding carboxylic acids is 1. The molecular formula is C22H20O2S. The summed E-state index contributed by atoms with van der Waals surface area (Å²) >= 11 is 1.68. The second kappa shape index (κ2) is 7.52. The summed E-state index contributed by atoms with van der Waals surface area (Å²) < 4.78 is 5.50. The monoisotopic (exact) mass is 348 g/mol. The minimum Gasteiger partial charge on any atom is -0.496 e. The van der Waals surface area contributed by atoms with E-state index in [1.807, 2.05) is 35.7 Å². The van der Waals surface area contributed by atoms with E-state index in [-0.39, 0.29) is 0 Å². The first-order valence-corrected chi connectivity index (χ1v) is 9.03. The molecule has 3 rings (SSSR count). The van der Waals surface area contributed by atoms with Crippen LogP contribution < -0.4 is 4.74 Å². The fourth-order valence-corrected chi connectivity index (χ4v) is 3.75. The van der Waals surface area contributed by atoms with Crippen LogP contribution in [0, 0.1) is 13.8 Å². The molecule has 0 N–H and O–H groups in total. The zero-order valence-electron chi connectivity index (χ0n) is 14.6. The van der Waals surface area contributed by atoms with Gasteiger partial charge in [-0.25, -0.2) is 4.79 Å². The molecule has 0 fully saturated rings. The lowest BCUT2D eigenvalue weighted by Gasteiger charge is -2.14. The standard InChI is InChI=1S/C22H20O2S/c1-15-6-4-7-16(2)19(15)13-18(14-23)20-12-17(9-10-21(20)24-3)22-8-5-11-25-22/h4-12H,13H2,1-3H3. The minimum absolute atomic E-state index is 0.548. The molecule has 2 aromatic carbocycles.